The number of benzene rings is 1. The molecule has 0 saturated heterocycles. The highest BCUT2D eigenvalue weighted by atomic mass is 16.2. The maximum absolute atomic E-state index is 12.8. The van der Waals surface area contributed by atoms with Crippen LogP contribution in [0.3, 0.4) is 0 Å². The summed E-state index contributed by atoms with van der Waals surface area (Å²) in [6.07, 6.45) is 1.45. The van der Waals surface area contributed by atoms with Gasteiger partial charge in [-0.2, -0.15) is 10.2 Å². The molecular formula is C17H20N6O. The summed E-state index contributed by atoms with van der Waals surface area (Å²) in [5.74, 6) is 0.580. The van der Waals surface area contributed by atoms with E-state index in [-0.39, 0.29) is 18.5 Å². The van der Waals surface area contributed by atoms with E-state index in [1.54, 1.807) is 16.6 Å². The predicted octanol–water partition coefficient (Wildman–Crippen LogP) is 1.87. The Labute approximate surface area is 140 Å². The molecule has 0 fully saturated rings. The fourth-order valence-electron chi connectivity index (χ4n) is 2.77. The quantitative estimate of drug-likeness (QED) is 0.777. The molecule has 124 valence electrons. The van der Waals surface area contributed by atoms with Crippen LogP contribution < -0.4 is 0 Å². The van der Waals surface area contributed by atoms with Crippen molar-refractivity contribution < 1.29 is 4.79 Å². The number of nitrogens with one attached hydrogen (secondary N) is 1. The molecule has 2 heterocycles. The summed E-state index contributed by atoms with van der Waals surface area (Å²) in [6, 6.07) is 11.4. The fraction of sp³-hybridized carbons (Fsp3) is 0.294. The number of aromatic amines is 1. The van der Waals surface area contributed by atoms with Crippen molar-refractivity contribution in [1.29, 1.82) is 0 Å². The molecule has 3 aromatic rings. The Kier molecular flexibility index (Phi) is 4.41. The van der Waals surface area contributed by atoms with Gasteiger partial charge in [-0.05, 0) is 25.5 Å². The van der Waals surface area contributed by atoms with Gasteiger partial charge in [0.05, 0.1) is 5.69 Å². The lowest BCUT2D eigenvalue weighted by Gasteiger charge is -2.27. The van der Waals surface area contributed by atoms with Crippen LogP contribution in [0.2, 0.25) is 0 Å². The number of H-pyrrole nitrogens is 1. The highest BCUT2D eigenvalue weighted by molar-refractivity contribution is 5.76. The maximum Gasteiger partial charge on any atom is 0.244 e. The average molecular weight is 324 g/mol. The molecule has 24 heavy (non-hydrogen) atoms. The van der Waals surface area contributed by atoms with Crippen LogP contribution in [0.1, 0.15) is 28.8 Å². The first kappa shape index (κ1) is 15.9. The van der Waals surface area contributed by atoms with Gasteiger partial charge in [0.25, 0.3) is 0 Å². The van der Waals surface area contributed by atoms with Crippen LogP contribution in [0.25, 0.3) is 0 Å². The highest BCUT2D eigenvalue weighted by Crippen LogP contribution is 2.24. The molecule has 1 unspecified atom stereocenters. The van der Waals surface area contributed by atoms with Crippen LogP contribution in [0.5, 0.6) is 0 Å². The van der Waals surface area contributed by atoms with Crippen molar-refractivity contribution in [3.8, 4) is 0 Å². The molecule has 3 rings (SSSR count). The minimum Gasteiger partial charge on any atom is -0.330 e. The van der Waals surface area contributed by atoms with Crippen LogP contribution in [-0.2, 0) is 11.3 Å². The number of hydrogen-bond acceptors (Lipinski definition) is 4. The standard InChI is InChI=1S/C17H20N6O/c1-12-9-13(2)23(21-12)10-15(24)22(3)16(17-18-11-19-20-17)14-7-5-4-6-8-14/h4-9,11,16H,10H2,1-3H3,(H,18,19,20). The zero-order chi connectivity index (χ0) is 17.1. The van der Waals surface area contributed by atoms with Crippen molar-refractivity contribution in [2.45, 2.75) is 26.4 Å². The van der Waals surface area contributed by atoms with Crippen LogP contribution in [0.15, 0.2) is 42.7 Å². The molecule has 1 amide bonds. The summed E-state index contributed by atoms with van der Waals surface area (Å²) < 4.78 is 1.72. The lowest BCUT2D eigenvalue weighted by molar-refractivity contribution is -0.132. The molecule has 1 atom stereocenters. The SMILES string of the molecule is Cc1cc(C)n(CC(=O)N(C)C(c2ccccc2)c2ncn[nH]2)n1. The van der Waals surface area contributed by atoms with Gasteiger partial charge in [0.15, 0.2) is 5.82 Å². The Balaban J connectivity index is 1.87. The zero-order valence-corrected chi connectivity index (χ0v) is 14.0. The number of hydrogen-bond donors (Lipinski definition) is 1. The Morgan fingerprint density at radius 1 is 1.29 bits per heavy atom. The van der Waals surface area contributed by atoms with Gasteiger partial charge in [0, 0.05) is 12.7 Å². The Bertz CT molecular complexity index is 809. The van der Waals surface area contributed by atoms with Crippen molar-refractivity contribution in [2.24, 2.45) is 0 Å². The summed E-state index contributed by atoms with van der Waals surface area (Å²) in [5.41, 5.74) is 2.83. The first-order chi connectivity index (χ1) is 11.6. The third-order valence-corrected chi connectivity index (χ3v) is 3.98. The summed E-state index contributed by atoms with van der Waals surface area (Å²) in [7, 11) is 1.77. The molecule has 0 bridgehead atoms. The molecule has 0 spiro atoms. The van der Waals surface area contributed by atoms with Crippen LogP contribution in [0, 0.1) is 13.8 Å². The topological polar surface area (TPSA) is 79.7 Å². The van der Waals surface area contributed by atoms with Crippen molar-refractivity contribution >= 4 is 5.91 Å². The second-order valence-corrected chi connectivity index (χ2v) is 5.77. The normalized spacial score (nSPS) is 12.1. The molecule has 7 nitrogen and oxygen atoms in total. The van der Waals surface area contributed by atoms with E-state index in [4.69, 9.17) is 0 Å². The Morgan fingerprint density at radius 3 is 2.62 bits per heavy atom. The molecule has 0 saturated carbocycles. The summed E-state index contributed by atoms with van der Waals surface area (Å²) in [5, 5.41) is 11.2. The van der Waals surface area contributed by atoms with Gasteiger partial charge in [-0.1, -0.05) is 30.3 Å². The number of rotatable bonds is 5. The minimum absolute atomic E-state index is 0.0496. The van der Waals surface area contributed by atoms with E-state index in [0.717, 1.165) is 17.0 Å². The number of likely N-dealkylation sites (N-methyl/N-ethyl adjacent to an activating group) is 1. The minimum atomic E-state index is -0.321. The Morgan fingerprint density at radius 2 is 2.04 bits per heavy atom. The first-order valence-electron chi connectivity index (χ1n) is 7.73. The summed E-state index contributed by atoms with van der Waals surface area (Å²) in [4.78, 5) is 18.7. The molecule has 1 aromatic carbocycles. The average Bonchev–Trinajstić information content (AvgIpc) is 3.19. The van der Waals surface area contributed by atoms with E-state index in [0.29, 0.717) is 5.82 Å². The highest BCUT2D eigenvalue weighted by Gasteiger charge is 2.26. The number of carbonyl (C=O) groups excluding carboxylic acids is 1. The lowest BCUT2D eigenvalue weighted by atomic mass is 10.1. The fourth-order valence-corrected chi connectivity index (χ4v) is 2.77. The number of amides is 1. The van der Waals surface area contributed by atoms with Gasteiger partial charge >= 0.3 is 0 Å². The molecular weight excluding hydrogens is 304 g/mol. The number of aromatic nitrogens is 5. The monoisotopic (exact) mass is 324 g/mol. The van der Waals surface area contributed by atoms with Crippen LogP contribution >= 0.6 is 0 Å². The third kappa shape index (κ3) is 3.19. The van der Waals surface area contributed by atoms with Gasteiger partial charge in [-0.25, -0.2) is 4.98 Å². The van der Waals surface area contributed by atoms with Crippen LogP contribution in [0.4, 0.5) is 0 Å². The number of nitrogens with zero attached hydrogens (tertiary/aromatic N) is 5. The zero-order valence-electron chi connectivity index (χ0n) is 14.0. The second-order valence-electron chi connectivity index (χ2n) is 5.77. The van der Waals surface area contributed by atoms with Gasteiger partial charge in [0.2, 0.25) is 5.91 Å². The first-order valence-corrected chi connectivity index (χ1v) is 7.73. The van der Waals surface area contributed by atoms with Crippen molar-refractivity contribution in [2.75, 3.05) is 7.05 Å². The molecule has 0 aliphatic carbocycles. The molecule has 2 aromatic heterocycles. The maximum atomic E-state index is 12.8. The van der Waals surface area contributed by atoms with Crippen molar-refractivity contribution in [3.05, 3.63) is 65.5 Å². The van der Waals surface area contributed by atoms with E-state index in [1.807, 2.05) is 50.2 Å². The largest absolute Gasteiger partial charge is 0.330 e. The third-order valence-electron chi connectivity index (χ3n) is 3.98. The van der Waals surface area contributed by atoms with Crippen molar-refractivity contribution in [1.82, 2.24) is 29.9 Å². The summed E-state index contributed by atoms with van der Waals surface area (Å²) in [6.45, 7) is 4.05. The van der Waals surface area contributed by atoms with Crippen molar-refractivity contribution in [3.63, 3.8) is 0 Å². The van der Waals surface area contributed by atoms with E-state index in [9.17, 15) is 4.79 Å². The molecule has 0 aliphatic rings. The number of carbonyl (C=O) groups is 1. The summed E-state index contributed by atoms with van der Waals surface area (Å²) >= 11 is 0. The van der Waals surface area contributed by atoms with E-state index in [2.05, 4.69) is 20.3 Å². The molecule has 1 N–H and O–H groups in total. The number of aryl methyl sites for hydroxylation is 2. The van der Waals surface area contributed by atoms with E-state index >= 15 is 0 Å². The van der Waals surface area contributed by atoms with Gasteiger partial charge < -0.3 is 4.90 Å². The lowest BCUT2D eigenvalue weighted by Crippen LogP contribution is -2.35. The second kappa shape index (κ2) is 6.66. The molecule has 0 radical (unpaired) electrons. The van der Waals surface area contributed by atoms with E-state index < -0.39 is 0 Å². The molecule has 0 aliphatic heterocycles. The van der Waals surface area contributed by atoms with Gasteiger partial charge in [-0.15, -0.1) is 0 Å². The predicted molar refractivity (Wildman–Crippen MR) is 89.1 cm³/mol. The van der Waals surface area contributed by atoms with Gasteiger partial charge in [-0.3, -0.25) is 14.6 Å². The smallest absolute Gasteiger partial charge is 0.244 e. The molecule has 7 heteroatoms. The van der Waals surface area contributed by atoms with E-state index in [1.165, 1.54) is 6.33 Å². The van der Waals surface area contributed by atoms with Crippen LogP contribution in [-0.4, -0.2) is 42.8 Å². The Hall–Kier alpha value is -2.96. The van der Waals surface area contributed by atoms with Gasteiger partial charge in [0.1, 0.15) is 18.9 Å².